The first-order valence-electron chi connectivity index (χ1n) is 8.09. The molecule has 3 aliphatic rings. The maximum atomic E-state index is 11.2. The molecule has 3 unspecified atom stereocenters. The van der Waals surface area contributed by atoms with E-state index in [0.29, 0.717) is 11.8 Å². The van der Waals surface area contributed by atoms with Gasteiger partial charge in [-0.3, -0.25) is 0 Å². The lowest BCUT2D eigenvalue weighted by Gasteiger charge is -2.51. The van der Waals surface area contributed by atoms with Crippen LogP contribution >= 0.6 is 11.8 Å². The lowest BCUT2D eigenvalue weighted by atomic mass is 9.64. The molecule has 0 aromatic heterocycles. The SMILES string of the molecule is CC1CCCCC1(O)C1CCOC2(CCSCC2)C1. The van der Waals surface area contributed by atoms with Crippen LogP contribution < -0.4 is 0 Å². The Labute approximate surface area is 121 Å². The maximum Gasteiger partial charge on any atom is 0.0703 e. The van der Waals surface area contributed by atoms with Crippen LogP contribution in [0.25, 0.3) is 0 Å². The number of hydrogen-bond acceptors (Lipinski definition) is 3. The predicted molar refractivity (Wildman–Crippen MR) is 80.5 cm³/mol. The molecule has 1 saturated carbocycles. The Hall–Kier alpha value is 0.270. The molecule has 0 aromatic carbocycles. The van der Waals surface area contributed by atoms with Gasteiger partial charge in [0, 0.05) is 6.61 Å². The Morgan fingerprint density at radius 2 is 1.89 bits per heavy atom. The van der Waals surface area contributed by atoms with E-state index >= 15 is 0 Å². The minimum absolute atomic E-state index is 0.112. The fourth-order valence-electron chi connectivity index (χ4n) is 4.51. The van der Waals surface area contributed by atoms with Gasteiger partial charge in [-0.2, -0.15) is 11.8 Å². The third-order valence-electron chi connectivity index (χ3n) is 5.92. The molecule has 2 nitrogen and oxygen atoms in total. The van der Waals surface area contributed by atoms with Gasteiger partial charge in [-0.25, -0.2) is 0 Å². The summed E-state index contributed by atoms with van der Waals surface area (Å²) in [5.41, 5.74) is -0.291. The summed E-state index contributed by atoms with van der Waals surface area (Å²) < 4.78 is 6.18. The normalized spacial score (nSPS) is 43.3. The molecule has 1 aliphatic carbocycles. The highest BCUT2D eigenvalue weighted by atomic mass is 32.2. The molecule has 1 spiro atoms. The van der Waals surface area contributed by atoms with Crippen LogP contribution in [-0.4, -0.2) is 34.4 Å². The van der Waals surface area contributed by atoms with Crippen LogP contribution in [0.3, 0.4) is 0 Å². The first-order chi connectivity index (χ1) is 9.15. The van der Waals surface area contributed by atoms with E-state index in [1.54, 1.807) is 0 Å². The molecule has 2 aliphatic heterocycles. The summed E-state index contributed by atoms with van der Waals surface area (Å²) in [4.78, 5) is 0. The first-order valence-corrected chi connectivity index (χ1v) is 9.24. The van der Waals surface area contributed by atoms with Crippen LogP contribution in [0, 0.1) is 11.8 Å². The molecular formula is C16H28O2S. The predicted octanol–water partition coefficient (Wildman–Crippen LogP) is 3.62. The molecule has 3 fully saturated rings. The standard InChI is InChI=1S/C16H28O2S/c1-13-4-2-3-6-16(13,17)14-5-9-18-15(12-14)7-10-19-11-8-15/h13-14,17H,2-12H2,1H3. The summed E-state index contributed by atoms with van der Waals surface area (Å²) in [6.45, 7) is 3.13. The van der Waals surface area contributed by atoms with Gasteiger partial charge in [0.1, 0.15) is 0 Å². The van der Waals surface area contributed by atoms with Gasteiger partial charge in [0.2, 0.25) is 0 Å². The molecule has 110 valence electrons. The van der Waals surface area contributed by atoms with Gasteiger partial charge in [-0.15, -0.1) is 0 Å². The second-order valence-electron chi connectivity index (χ2n) is 6.97. The number of thioether (sulfide) groups is 1. The van der Waals surface area contributed by atoms with Gasteiger partial charge < -0.3 is 9.84 Å². The van der Waals surface area contributed by atoms with Gasteiger partial charge >= 0.3 is 0 Å². The molecule has 0 radical (unpaired) electrons. The van der Waals surface area contributed by atoms with Crippen molar-refractivity contribution in [1.82, 2.24) is 0 Å². The Kier molecular flexibility index (Phi) is 4.17. The van der Waals surface area contributed by atoms with Crippen molar-refractivity contribution in [3.63, 3.8) is 0 Å². The average Bonchev–Trinajstić information content (AvgIpc) is 2.43. The van der Waals surface area contributed by atoms with Crippen molar-refractivity contribution < 1.29 is 9.84 Å². The van der Waals surface area contributed by atoms with Crippen LogP contribution in [0.1, 0.15) is 58.3 Å². The van der Waals surface area contributed by atoms with Crippen LogP contribution in [0.4, 0.5) is 0 Å². The molecule has 2 saturated heterocycles. The fraction of sp³-hybridized carbons (Fsp3) is 1.00. The number of hydrogen-bond donors (Lipinski definition) is 1. The second-order valence-corrected chi connectivity index (χ2v) is 8.20. The van der Waals surface area contributed by atoms with E-state index in [0.717, 1.165) is 25.9 Å². The zero-order valence-corrected chi connectivity index (χ0v) is 13.0. The zero-order valence-electron chi connectivity index (χ0n) is 12.2. The molecule has 0 bridgehead atoms. The molecule has 0 aromatic rings. The highest BCUT2D eigenvalue weighted by molar-refractivity contribution is 7.99. The van der Waals surface area contributed by atoms with E-state index in [2.05, 4.69) is 18.7 Å². The third-order valence-corrected chi connectivity index (χ3v) is 6.91. The van der Waals surface area contributed by atoms with E-state index in [-0.39, 0.29) is 5.60 Å². The van der Waals surface area contributed by atoms with Crippen molar-refractivity contribution in [3.05, 3.63) is 0 Å². The van der Waals surface area contributed by atoms with Crippen molar-refractivity contribution in [3.8, 4) is 0 Å². The summed E-state index contributed by atoms with van der Waals surface area (Å²) in [5.74, 6) is 3.42. The minimum atomic E-state index is -0.403. The quantitative estimate of drug-likeness (QED) is 0.797. The monoisotopic (exact) mass is 284 g/mol. The number of aliphatic hydroxyl groups is 1. The van der Waals surface area contributed by atoms with Crippen LogP contribution in [0.5, 0.6) is 0 Å². The van der Waals surface area contributed by atoms with Crippen LogP contribution in [0.2, 0.25) is 0 Å². The van der Waals surface area contributed by atoms with Gasteiger partial charge in [-0.1, -0.05) is 19.8 Å². The largest absolute Gasteiger partial charge is 0.389 e. The van der Waals surface area contributed by atoms with E-state index in [1.807, 2.05) is 0 Å². The second kappa shape index (κ2) is 5.57. The average molecular weight is 284 g/mol. The Balaban J connectivity index is 1.73. The fourth-order valence-corrected chi connectivity index (χ4v) is 5.74. The van der Waals surface area contributed by atoms with Crippen molar-refractivity contribution >= 4 is 11.8 Å². The smallest absolute Gasteiger partial charge is 0.0703 e. The van der Waals surface area contributed by atoms with E-state index in [9.17, 15) is 5.11 Å². The summed E-state index contributed by atoms with van der Waals surface area (Å²) in [7, 11) is 0. The van der Waals surface area contributed by atoms with Crippen molar-refractivity contribution in [2.24, 2.45) is 11.8 Å². The summed E-state index contributed by atoms with van der Waals surface area (Å²) in [5, 5.41) is 11.2. The summed E-state index contributed by atoms with van der Waals surface area (Å²) in [6, 6.07) is 0. The molecule has 1 N–H and O–H groups in total. The van der Waals surface area contributed by atoms with Crippen molar-refractivity contribution in [2.45, 2.75) is 69.5 Å². The lowest BCUT2D eigenvalue weighted by molar-refractivity contribution is -0.169. The van der Waals surface area contributed by atoms with E-state index < -0.39 is 5.60 Å². The number of rotatable bonds is 1. The summed E-state index contributed by atoms with van der Waals surface area (Å²) in [6.07, 6.45) is 9.29. The molecule has 3 rings (SSSR count). The van der Waals surface area contributed by atoms with Crippen molar-refractivity contribution in [2.75, 3.05) is 18.1 Å². The highest BCUT2D eigenvalue weighted by Crippen LogP contribution is 2.48. The van der Waals surface area contributed by atoms with E-state index in [1.165, 1.54) is 43.6 Å². The number of ether oxygens (including phenoxy) is 1. The highest BCUT2D eigenvalue weighted by Gasteiger charge is 2.49. The molecule has 3 atom stereocenters. The molecular weight excluding hydrogens is 256 g/mol. The first kappa shape index (κ1) is 14.2. The third kappa shape index (κ3) is 2.71. The molecule has 3 heteroatoms. The van der Waals surface area contributed by atoms with Gasteiger partial charge in [-0.05, 0) is 61.9 Å². The van der Waals surface area contributed by atoms with Crippen molar-refractivity contribution in [1.29, 1.82) is 0 Å². The van der Waals surface area contributed by atoms with Crippen LogP contribution in [-0.2, 0) is 4.74 Å². The Bertz CT molecular complexity index is 308. The maximum absolute atomic E-state index is 11.2. The van der Waals surface area contributed by atoms with Crippen LogP contribution in [0.15, 0.2) is 0 Å². The lowest BCUT2D eigenvalue weighted by Crippen LogP contribution is -2.53. The van der Waals surface area contributed by atoms with Gasteiger partial charge in [0.15, 0.2) is 0 Å². The Morgan fingerprint density at radius 1 is 1.11 bits per heavy atom. The van der Waals surface area contributed by atoms with E-state index in [4.69, 9.17) is 4.74 Å². The topological polar surface area (TPSA) is 29.5 Å². The van der Waals surface area contributed by atoms with Gasteiger partial charge in [0.05, 0.1) is 11.2 Å². The molecule has 2 heterocycles. The van der Waals surface area contributed by atoms with Gasteiger partial charge in [0.25, 0.3) is 0 Å². The minimum Gasteiger partial charge on any atom is -0.389 e. The molecule has 0 amide bonds. The summed E-state index contributed by atoms with van der Waals surface area (Å²) >= 11 is 2.06. The zero-order chi connectivity index (χ0) is 13.3. The Morgan fingerprint density at radius 3 is 2.63 bits per heavy atom. The molecule has 19 heavy (non-hydrogen) atoms.